The summed E-state index contributed by atoms with van der Waals surface area (Å²) in [5.41, 5.74) is 4.53. The standard InChI is InChI=1S/C28H30N4O6/c1-3-37-28(35)31-23(21-10-6-4-7-11-21)17-26(33)32-29-18-20-14-15-24(25(16-20)36-2)38-19-27(34)30-22-12-8-5-9-13-22/h4-16,18,23H,3,17,19H2,1-2H3,(H,30,34)(H,31,35)(H,32,33)/b29-18-/t23-/m1/s1. The van der Waals surface area contributed by atoms with Gasteiger partial charge in [-0.15, -0.1) is 0 Å². The molecule has 0 aliphatic carbocycles. The van der Waals surface area contributed by atoms with E-state index in [9.17, 15) is 14.4 Å². The number of para-hydroxylation sites is 1. The van der Waals surface area contributed by atoms with Crippen LogP contribution in [-0.4, -0.2) is 44.4 Å². The van der Waals surface area contributed by atoms with E-state index >= 15 is 0 Å². The molecule has 0 spiro atoms. The van der Waals surface area contributed by atoms with Crippen molar-refractivity contribution in [1.82, 2.24) is 10.7 Å². The van der Waals surface area contributed by atoms with E-state index in [4.69, 9.17) is 14.2 Å². The molecule has 1 atom stereocenters. The number of rotatable bonds is 12. The summed E-state index contributed by atoms with van der Waals surface area (Å²) in [5.74, 6) is 0.0734. The number of methoxy groups -OCH3 is 1. The van der Waals surface area contributed by atoms with Crippen molar-refractivity contribution >= 4 is 29.8 Å². The van der Waals surface area contributed by atoms with E-state index in [-0.39, 0.29) is 25.5 Å². The summed E-state index contributed by atoms with van der Waals surface area (Å²) in [6, 6.07) is 22.6. The van der Waals surface area contributed by atoms with Crippen LogP contribution in [0, 0.1) is 0 Å². The highest BCUT2D eigenvalue weighted by atomic mass is 16.5. The van der Waals surface area contributed by atoms with Crippen molar-refractivity contribution in [2.45, 2.75) is 19.4 Å². The third-order valence-electron chi connectivity index (χ3n) is 5.17. The number of hydrogen-bond acceptors (Lipinski definition) is 7. The summed E-state index contributed by atoms with van der Waals surface area (Å²) in [6.07, 6.45) is 0.800. The lowest BCUT2D eigenvalue weighted by Gasteiger charge is -2.18. The van der Waals surface area contributed by atoms with Gasteiger partial charge in [-0.25, -0.2) is 10.2 Å². The van der Waals surface area contributed by atoms with Gasteiger partial charge in [-0.1, -0.05) is 48.5 Å². The molecule has 0 heterocycles. The number of hydrogen-bond donors (Lipinski definition) is 3. The Morgan fingerprint density at radius 3 is 2.32 bits per heavy atom. The Morgan fingerprint density at radius 2 is 1.63 bits per heavy atom. The molecule has 0 bridgehead atoms. The van der Waals surface area contributed by atoms with Gasteiger partial charge in [0.25, 0.3) is 5.91 Å². The Balaban J connectivity index is 1.55. The van der Waals surface area contributed by atoms with Crippen LogP contribution < -0.4 is 25.5 Å². The molecule has 10 heteroatoms. The molecule has 38 heavy (non-hydrogen) atoms. The second-order valence-corrected chi connectivity index (χ2v) is 7.94. The highest BCUT2D eigenvalue weighted by molar-refractivity contribution is 5.92. The Morgan fingerprint density at radius 1 is 0.921 bits per heavy atom. The summed E-state index contributed by atoms with van der Waals surface area (Å²) in [4.78, 5) is 36.6. The van der Waals surface area contributed by atoms with E-state index in [0.29, 0.717) is 22.7 Å². The lowest BCUT2D eigenvalue weighted by molar-refractivity contribution is -0.121. The van der Waals surface area contributed by atoms with Crippen LogP contribution in [0.2, 0.25) is 0 Å². The fourth-order valence-electron chi connectivity index (χ4n) is 3.41. The molecule has 0 aliphatic rings. The monoisotopic (exact) mass is 518 g/mol. The average molecular weight is 519 g/mol. The minimum atomic E-state index is -0.607. The van der Waals surface area contributed by atoms with Crippen molar-refractivity contribution in [2.24, 2.45) is 5.10 Å². The molecular formula is C28H30N4O6. The first-order chi connectivity index (χ1) is 18.5. The summed E-state index contributed by atoms with van der Waals surface area (Å²) in [6.45, 7) is 1.73. The molecule has 3 N–H and O–H groups in total. The Hall–Kier alpha value is -4.86. The lowest BCUT2D eigenvalue weighted by Crippen LogP contribution is -2.33. The van der Waals surface area contributed by atoms with Crippen LogP contribution >= 0.6 is 0 Å². The first-order valence-electron chi connectivity index (χ1n) is 11.9. The maximum atomic E-state index is 12.5. The van der Waals surface area contributed by atoms with Gasteiger partial charge >= 0.3 is 6.09 Å². The number of anilines is 1. The van der Waals surface area contributed by atoms with Crippen LogP contribution in [0.25, 0.3) is 0 Å². The van der Waals surface area contributed by atoms with Gasteiger partial charge in [-0.2, -0.15) is 5.10 Å². The molecule has 3 aromatic carbocycles. The van der Waals surface area contributed by atoms with E-state index in [1.54, 1.807) is 37.3 Å². The molecule has 0 aliphatic heterocycles. The maximum absolute atomic E-state index is 12.5. The molecule has 0 unspecified atom stereocenters. The number of ether oxygens (including phenoxy) is 3. The van der Waals surface area contributed by atoms with Gasteiger partial charge in [0.1, 0.15) is 0 Å². The van der Waals surface area contributed by atoms with Crippen LogP contribution in [0.5, 0.6) is 11.5 Å². The van der Waals surface area contributed by atoms with Gasteiger partial charge in [0.15, 0.2) is 18.1 Å². The zero-order valence-electron chi connectivity index (χ0n) is 21.2. The van der Waals surface area contributed by atoms with Crippen molar-refractivity contribution < 1.29 is 28.6 Å². The predicted molar refractivity (Wildman–Crippen MR) is 143 cm³/mol. The van der Waals surface area contributed by atoms with Crippen LogP contribution in [-0.2, 0) is 14.3 Å². The Bertz CT molecular complexity index is 1230. The fourth-order valence-corrected chi connectivity index (χ4v) is 3.41. The van der Waals surface area contributed by atoms with Crippen LogP contribution in [0.1, 0.15) is 30.5 Å². The van der Waals surface area contributed by atoms with E-state index < -0.39 is 18.0 Å². The Labute approximate surface area is 221 Å². The van der Waals surface area contributed by atoms with E-state index in [1.165, 1.54) is 13.3 Å². The highest BCUT2D eigenvalue weighted by Crippen LogP contribution is 2.27. The molecule has 0 aromatic heterocycles. The maximum Gasteiger partial charge on any atom is 0.407 e. The number of carbonyl (C=O) groups is 3. The normalized spacial score (nSPS) is 11.3. The van der Waals surface area contributed by atoms with E-state index in [0.717, 1.165) is 5.56 Å². The number of benzene rings is 3. The molecule has 0 fully saturated rings. The molecular weight excluding hydrogens is 488 g/mol. The molecule has 3 rings (SSSR count). The van der Waals surface area contributed by atoms with Gasteiger partial charge in [0.2, 0.25) is 5.91 Å². The summed E-state index contributed by atoms with van der Waals surface area (Å²) in [5, 5.41) is 9.44. The third kappa shape index (κ3) is 8.98. The van der Waals surface area contributed by atoms with Gasteiger partial charge in [0, 0.05) is 5.69 Å². The first-order valence-corrected chi connectivity index (χ1v) is 11.9. The largest absolute Gasteiger partial charge is 0.493 e. The molecule has 3 amide bonds. The fraction of sp³-hybridized carbons (Fsp3) is 0.214. The number of nitrogens with one attached hydrogen (secondary N) is 3. The predicted octanol–water partition coefficient (Wildman–Crippen LogP) is 4.04. The second-order valence-electron chi connectivity index (χ2n) is 7.94. The number of alkyl carbamates (subject to hydrolysis) is 1. The van der Waals surface area contributed by atoms with E-state index in [2.05, 4.69) is 21.2 Å². The topological polar surface area (TPSA) is 127 Å². The quantitative estimate of drug-likeness (QED) is 0.245. The zero-order valence-corrected chi connectivity index (χ0v) is 21.2. The van der Waals surface area contributed by atoms with Crippen molar-refractivity contribution in [3.8, 4) is 11.5 Å². The average Bonchev–Trinajstić information content (AvgIpc) is 2.93. The molecule has 10 nitrogen and oxygen atoms in total. The van der Waals surface area contributed by atoms with Gasteiger partial charge in [-0.05, 0) is 48.4 Å². The molecule has 198 valence electrons. The van der Waals surface area contributed by atoms with Crippen LogP contribution in [0.15, 0.2) is 84.0 Å². The van der Waals surface area contributed by atoms with Crippen molar-refractivity contribution in [3.05, 3.63) is 90.0 Å². The number of amides is 3. The SMILES string of the molecule is CCOC(=O)N[C@H](CC(=O)N/N=C\c1ccc(OCC(=O)Nc2ccccc2)c(OC)c1)c1ccccc1. The minimum Gasteiger partial charge on any atom is -0.493 e. The van der Waals surface area contributed by atoms with Crippen molar-refractivity contribution in [1.29, 1.82) is 0 Å². The highest BCUT2D eigenvalue weighted by Gasteiger charge is 2.19. The molecule has 0 radical (unpaired) electrons. The van der Waals surface area contributed by atoms with Gasteiger partial charge in [0.05, 0.1) is 32.4 Å². The number of nitrogens with zero attached hydrogens (tertiary/aromatic N) is 1. The second kappa shape index (κ2) is 14.6. The van der Waals surface area contributed by atoms with Gasteiger partial charge < -0.3 is 24.8 Å². The first kappa shape index (κ1) is 27.7. The Kier molecular flexibility index (Phi) is 10.7. The minimum absolute atomic E-state index is 0.0404. The molecule has 3 aromatic rings. The van der Waals surface area contributed by atoms with Crippen molar-refractivity contribution in [2.75, 3.05) is 25.6 Å². The lowest BCUT2D eigenvalue weighted by atomic mass is 10.0. The van der Waals surface area contributed by atoms with Crippen LogP contribution in [0.3, 0.4) is 0 Å². The number of hydrazone groups is 1. The van der Waals surface area contributed by atoms with Gasteiger partial charge in [-0.3, -0.25) is 9.59 Å². The molecule has 0 saturated carbocycles. The van der Waals surface area contributed by atoms with Crippen molar-refractivity contribution in [3.63, 3.8) is 0 Å². The smallest absolute Gasteiger partial charge is 0.407 e. The zero-order chi connectivity index (χ0) is 27.2. The summed E-state index contributed by atoms with van der Waals surface area (Å²) >= 11 is 0. The number of carbonyl (C=O) groups excluding carboxylic acids is 3. The van der Waals surface area contributed by atoms with E-state index in [1.807, 2.05) is 48.5 Å². The van der Waals surface area contributed by atoms with Crippen LogP contribution in [0.4, 0.5) is 10.5 Å². The molecule has 0 saturated heterocycles. The third-order valence-corrected chi connectivity index (χ3v) is 5.17. The summed E-state index contributed by atoms with van der Waals surface area (Å²) in [7, 11) is 1.48. The summed E-state index contributed by atoms with van der Waals surface area (Å²) < 4.78 is 15.9.